The van der Waals surface area contributed by atoms with Gasteiger partial charge in [0.15, 0.2) is 0 Å². The molecule has 1 saturated heterocycles. The number of hydrogen-bond donors (Lipinski definition) is 1. The molecule has 2 amide bonds. The number of likely N-dealkylation sites (tertiary alicyclic amines) is 1. The van der Waals surface area contributed by atoms with Gasteiger partial charge < -0.3 is 10.6 Å². The second-order valence-electron chi connectivity index (χ2n) is 5.29. The first-order chi connectivity index (χ1) is 10.5. The molecule has 2 aromatic rings. The van der Waals surface area contributed by atoms with E-state index in [1.54, 1.807) is 27.9 Å². The maximum Gasteiger partial charge on any atom is 0.257 e. The first-order valence-corrected chi connectivity index (χ1v) is 7.31. The van der Waals surface area contributed by atoms with Crippen molar-refractivity contribution in [3.63, 3.8) is 0 Å². The summed E-state index contributed by atoms with van der Waals surface area (Å²) >= 11 is 5.85. The summed E-state index contributed by atoms with van der Waals surface area (Å²) in [6.45, 7) is 0.916. The van der Waals surface area contributed by atoms with Gasteiger partial charge in [-0.25, -0.2) is 4.68 Å². The van der Waals surface area contributed by atoms with E-state index in [-0.39, 0.29) is 17.7 Å². The Balaban J connectivity index is 1.75. The highest BCUT2D eigenvalue weighted by atomic mass is 35.5. The highest BCUT2D eigenvalue weighted by molar-refractivity contribution is 6.30. The Labute approximate surface area is 132 Å². The molecule has 1 atom stereocenters. The summed E-state index contributed by atoms with van der Waals surface area (Å²) in [5, 5.41) is 4.84. The van der Waals surface area contributed by atoms with Gasteiger partial charge in [0.05, 0.1) is 23.4 Å². The minimum atomic E-state index is -0.354. The van der Waals surface area contributed by atoms with Crippen LogP contribution in [-0.4, -0.2) is 39.6 Å². The SMILES string of the molecule is NC(=O)C1CCN(C(=O)c2cnn(-c3ccc(Cl)cc3)c2)C1. The Bertz CT molecular complexity index is 711. The van der Waals surface area contributed by atoms with Crippen LogP contribution in [0.25, 0.3) is 5.69 Å². The molecule has 22 heavy (non-hydrogen) atoms. The summed E-state index contributed by atoms with van der Waals surface area (Å²) in [4.78, 5) is 25.2. The predicted octanol–water partition coefficient (Wildman–Crippen LogP) is 1.47. The fourth-order valence-electron chi connectivity index (χ4n) is 2.53. The third kappa shape index (κ3) is 2.82. The van der Waals surface area contributed by atoms with E-state index in [2.05, 4.69) is 5.10 Å². The van der Waals surface area contributed by atoms with Crippen LogP contribution in [0.2, 0.25) is 5.02 Å². The average molecular weight is 319 g/mol. The molecule has 1 fully saturated rings. The fraction of sp³-hybridized carbons (Fsp3) is 0.267. The van der Waals surface area contributed by atoms with E-state index in [4.69, 9.17) is 17.3 Å². The molecule has 1 aliphatic heterocycles. The van der Waals surface area contributed by atoms with Crippen molar-refractivity contribution in [2.45, 2.75) is 6.42 Å². The van der Waals surface area contributed by atoms with E-state index in [1.807, 2.05) is 12.1 Å². The fourth-order valence-corrected chi connectivity index (χ4v) is 2.65. The van der Waals surface area contributed by atoms with Crippen molar-refractivity contribution in [1.29, 1.82) is 0 Å². The van der Waals surface area contributed by atoms with Crippen LogP contribution in [0.15, 0.2) is 36.7 Å². The lowest BCUT2D eigenvalue weighted by atomic mass is 10.1. The normalized spacial score (nSPS) is 17.7. The third-order valence-corrected chi connectivity index (χ3v) is 4.05. The van der Waals surface area contributed by atoms with Crippen LogP contribution in [0.3, 0.4) is 0 Å². The van der Waals surface area contributed by atoms with Gasteiger partial charge in [-0.2, -0.15) is 5.10 Å². The summed E-state index contributed by atoms with van der Waals surface area (Å²) in [5.74, 6) is -0.744. The number of nitrogens with two attached hydrogens (primary N) is 1. The highest BCUT2D eigenvalue weighted by Gasteiger charge is 2.30. The standard InChI is InChI=1S/C15H15ClN4O2/c16-12-1-3-13(4-2-12)20-9-11(7-18-20)15(22)19-6-5-10(8-19)14(17)21/h1-4,7,9-10H,5-6,8H2,(H2,17,21). The Morgan fingerprint density at radius 1 is 1.27 bits per heavy atom. The number of nitrogens with zero attached hydrogens (tertiary/aromatic N) is 3. The molecule has 1 unspecified atom stereocenters. The molecule has 0 bridgehead atoms. The van der Waals surface area contributed by atoms with E-state index < -0.39 is 0 Å². The number of carbonyl (C=O) groups is 2. The summed E-state index contributed by atoms with van der Waals surface area (Å²) in [6.07, 6.45) is 3.81. The first-order valence-electron chi connectivity index (χ1n) is 6.94. The second-order valence-corrected chi connectivity index (χ2v) is 5.73. The minimum absolute atomic E-state index is 0.135. The summed E-state index contributed by atoms with van der Waals surface area (Å²) in [6, 6.07) is 7.17. The number of halogens is 1. The summed E-state index contributed by atoms with van der Waals surface area (Å²) < 4.78 is 1.62. The van der Waals surface area contributed by atoms with Crippen molar-refractivity contribution < 1.29 is 9.59 Å². The van der Waals surface area contributed by atoms with Crippen LogP contribution in [-0.2, 0) is 4.79 Å². The Hall–Kier alpha value is -2.34. The van der Waals surface area contributed by atoms with E-state index in [0.717, 1.165) is 5.69 Å². The van der Waals surface area contributed by atoms with Crippen LogP contribution < -0.4 is 5.73 Å². The molecule has 0 radical (unpaired) electrons. The molecule has 2 heterocycles. The van der Waals surface area contributed by atoms with Gasteiger partial charge in [-0.15, -0.1) is 0 Å². The van der Waals surface area contributed by atoms with Crippen molar-refractivity contribution in [2.24, 2.45) is 11.7 Å². The van der Waals surface area contributed by atoms with Gasteiger partial charge in [0.2, 0.25) is 5.91 Å². The van der Waals surface area contributed by atoms with Crippen molar-refractivity contribution in [2.75, 3.05) is 13.1 Å². The van der Waals surface area contributed by atoms with Gasteiger partial charge in [-0.3, -0.25) is 9.59 Å². The second kappa shape index (κ2) is 5.81. The lowest BCUT2D eigenvalue weighted by Gasteiger charge is -2.14. The molecule has 2 N–H and O–H groups in total. The maximum atomic E-state index is 12.4. The van der Waals surface area contributed by atoms with Crippen LogP contribution >= 0.6 is 11.6 Å². The molecular weight excluding hydrogens is 304 g/mol. The lowest BCUT2D eigenvalue weighted by molar-refractivity contribution is -0.121. The van der Waals surface area contributed by atoms with Gasteiger partial charge >= 0.3 is 0 Å². The minimum Gasteiger partial charge on any atom is -0.369 e. The molecule has 114 valence electrons. The lowest BCUT2D eigenvalue weighted by Crippen LogP contribution is -2.31. The zero-order chi connectivity index (χ0) is 15.7. The number of benzene rings is 1. The van der Waals surface area contributed by atoms with Gasteiger partial charge in [-0.1, -0.05) is 11.6 Å². The van der Waals surface area contributed by atoms with E-state index in [1.165, 1.54) is 6.20 Å². The first kappa shape index (κ1) is 14.6. The summed E-state index contributed by atoms with van der Waals surface area (Å²) in [7, 11) is 0. The Morgan fingerprint density at radius 2 is 2.00 bits per heavy atom. The van der Waals surface area contributed by atoms with E-state index in [0.29, 0.717) is 30.1 Å². The van der Waals surface area contributed by atoms with Gasteiger partial charge in [0.25, 0.3) is 5.91 Å². The molecule has 1 aromatic heterocycles. The van der Waals surface area contributed by atoms with Gasteiger partial charge in [0.1, 0.15) is 0 Å². The largest absolute Gasteiger partial charge is 0.369 e. The van der Waals surface area contributed by atoms with Crippen LogP contribution in [0.5, 0.6) is 0 Å². The molecule has 6 nitrogen and oxygen atoms in total. The quantitative estimate of drug-likeness (QED) is 0.930. The molecule has 0 saturated carbocycles. The molecule has 7 heteroatoms. The monoisotopic (exact) mass is 318 g/mol. The average Bonchev–Trinajstić information content (AvgIpc) is 3.17. The Kier molecular flexibility index (Phi) is 3.85. The molecule has 3 rings (SSSR count). The maximum absolute atomic E-state index is 12.4. The number of primary amides is 1. The zero-order valence-electron chi connectivity index (χ0n) is 11.8. The van der Waals surface area contributed by atoms with Crippen molar-refractivity contribution in [3.8, 4) is 5.69 Å². The molecular formula is C15H15ClN4O2. The van der Waals surface area contributed by atoms with Crippen molar-refractivity contribution in [1.82, 2.24) is 14.7 Å². The molecule has 1 aromatic carbocycles. The Morgan fingerprint density at radius 3 is 2.64 bits per heavy atom. The number of aromatic nitrogens is 2. The molecule has 1 aliphatic rings. The smallest absolute Gasteiger partial charge is 0.257 e. The highest BCUT2D eigenvalue weighted by Crippen LogP contribution is 2.19. The van der Waals surface area contributed by atoms with Gasteiger partial charge in [0, 0.05) is 24.3 Å². The molecule has 0 spiro atoms. The third-order valence-electron chi connectivity index (χ3n) is 3.80. The van der Waals surface area contributed by atoms with Gasteiger partial charge in [-0.05, 0) is 30.7 Å². The number of rotatable bonds is 3. The zero-order valence-corrected chi connectivity index (χ0v) is 12.5. The van der Waals surface area contributed by atoms with Crippen LogP contribution in [0, 0.1) is 5.92 Å². The van der Waals surface area contributed by atoms with E-state index in [9.17, 15) is 9.59 Å². The number of amides is 2. The van der Waals surface area contributed by atoms with Crippen molar-refractivity contribution in [3.05, 3.63) is 47.2 Å². The van der Waals surface area contributed by atoms with Crippen LogP contribution in [0.1, 0.15) is 16.8 Å². The topological polar surface area (TPSA) is 81.2 Å². The number of hydrogen-bond acceptors (Lipinski definition) is 3. The molecule has 0 aliphatic carbocycles. The van der Waals surface area contributed by atoms with Crippen LogP contribution in [0.4, 0.5) is 0 Å². The summed E-state index contributed by atoms with van der Waals surface area (Å²) in [5.41, 5.74) is 6.59. The number of carbonyl (C=O) groups excluding carboxylic acids is 2. The van der Waals surface area contributed by atoms with Crippen molar-refractivity contribution >= 4 is 23.4 Å². The predicted molar refractivity (Wildman–Crippen MR) is 81.8 cm³/mol. The van der Waals surface area contributed by atoms with E-state index >= 15 is 0 Å².